The van der Waals surface area contributed by atoms with E-state index in [1.807, 2.05) is 0 Å². The standard InChI is InChI=1S/C4H9N3/c1-3-6-7(2)4-5/h3-5H,1-2H3/b5-4?,6-3-. The van der Waals surface area contributed by atoms with E-state index in [0.717, 1.165) is 6.34 Å². The van der Waals surface area contributed by atoms with E-state index in [1.165, 1.54) is 5.01 Å². The molecule has 3 heteroatoms. The van der Waals surface area contributed by atoms with Crippen LogP contribution in [-0.2, 0) is 0 Å². The third kappa shape index (κ3) is 2.96. The van der Waals surface area contributed by atoms with Crippen molar-refractivity contribution in [2.45, 2.75) is 6.92 Å². The van der Waals surface area contributed by atoms with Gasteiger partial charge in [-0.15, -0.1) is 0 Å². The van der Waals surface area contributed by atoms with Gasteiger partial charge in [-0.1, -0.05) is 0 Å². The molecular formula is C4H9N3. The molecule has 0 fully saturated rings. The lowest BCUT2D eigenvalue weighted by atomic mass is 10.9. The van der Waals surface area contributed by atoms with Gasteiger partial charge in [-0.3, -0.25) is 10.4 Å². The van der Waals surface area contributed by atoms with Crippen LogP contribution in [-0.4, -0.2) is 24.6 Å². The van der Waals surface area contributed by atoms with E-state index in [-0.39, 0.29) is 0 Å². The maximum absolute atomic E-state index is 6.60. The van der Waals surface area contributed by atoms with E-state index in [2.05, 4.69) is 5.10 Å². The van der Waals surface area contributed by atoms with Crippen molar-refractivity contribution < 1.29 is 0 Å². The summed E-state index contributed by atoms with van der Waals surface area (Å²) < 4.78 is 0. The van der Waals surface area contributed by atoms with Gasteiger partial charge in [0.25, 0.3) is 0 Å². The summed E-state index contributed by atoms with van der Waals surface area (Å²) in [4.78, 5) is 0. The molecule has 0 radical (unpaired) electrons. The van der Waals surface area contributed by atoms with Crippen LogP contribution in [0, 0.1) is 5.41 Å². The lowest BCUT2D eigenvalue weighted by Crippen LogP contribution is -2.05. The number of hydrogen-bond acceptors (Lipinski definition) is 2. The summed E-state index contributed by atoms with van der Waals surface area (Å²) in [6, 6.07) is 0. The van der Waals surface area contributed by atoms with Gasteiger partial charge < -0.3 is 0 Å². The summed E-state index contributed by atoms with van der Waals surface area (Å²) in [6.07, 6.45) is 2.77. The van der Waals surface area contributed by atoms with Gasteiger partial charge in [-0.05, 0) is 6.92 Å². The van der Waals surface area contributed by atoms with Crippen molar-refractivity contribution in [1.82, 2.24) is 5.01 Å². The highest BCUT2D eigenvalue weighted by Gasteiger charge is 1.73. The van der Waals surface area contributed by atoms with Crippen LogP contribution in [0.2, 0.25) is 0 Å². The first-order chi connectivity index (χ1) is 3.31. The summed E-state index contributed by atoms with van der Waals surface area (Å²) in [7, 11) is 1.70. The first kappa shape index (κ1) is 6.14. The van der Waals surface area contributed by atoms with Gasteiger partial charge in [0.2, 0.25) is 0 Å². The fourth-order valence-electron chi connectivity index (χ4n) is 0.215. The van der Waals surface area contributed by atoms with Crippen LogP contribution < -0.4 is 0 Å². The molecule has 3 nitrogen and oxygen atoms in total. The molecule has 0 unspecified atom stereocenters. The molecule has 0 bridgehead atoms. The Morgan fingerprint density at radius 2 is 2.29 bits per heavy atom. The topological polar surface area (TPSA) is 39.5 Å². The minimum Gasteiger partial charge on any atom is -0.290 e. The zero-order chi connectivity index (χ0) is 5.70. The summed E-state index contributed by atoms with van der Waals surface area (Å²) in [5.74, 6) is 0. The van der Waals surface area contributed by atoms with Crippen LogP contribution in [0.4, 0.5) is 0 Å². The van der Waals surface area contributed by atoms with Gasteiger partial charge in [-0.25, -0.2) is 0 Å². The molecule has 0 aromatic carbocycles. The van der Waals surface area contributed by atoms with Gasteiger partial charge in [-0.2, -0.15) is 5.10 Å². The van der Waals surface area contributed by atoms with Gasteiger partial charge >= 0.3 is 0 Å². The normalized spacial score (nSPS) is 9.43. The number of hydrogen-bond donors (Lipinski definition) is 1. The highest BCUT2D eigenvalue weighted by Crippen LogP contribution is 1.70. The van der Waals surface area contributed by atoms with E-state index < -0.39 is 0 Å². The predicted molar refractivity (Wildman–Crippen MR) is 30.7 cm³/mol. The minimum absolute atomic E-state index is 1.14. The quantitative estimate of drug-likeness (QED) is 0.306. The van der Waals surface area contributed by atoms with Crippen LogP contribution in [0.3, 0.4) is 0 Å². The lowest BCUT2D eigenvalue weighted by molar-refractivity contribution is 0.561. The smallest absolute Gasteiger partial charge is 0.102 e. The third-order valence-electron chi connectivity index (χ3n) is 0.484. The Hall–Kier alpha value is -0.860. The second-order valence-electron chi connectivity index (χ2n) is 1.08. The average molecular weight is 99.1 g/mol. The van der Waals surface area contributed by atoms with E-state index in [4.69, 9.17) is 5.41 Å². The highest BCUT2D eigenvalue weighted by molar-refractivity contribution is 5.57. The molecule has 0 saturated heterocycles. The van der Waals surface area contributed by atoms with Crippen molar-refractivity contribution >= 4 is 12.6 Å². The Morgan fingerprint density at radius 3 is 2.43 bits per heavy atom. The summed E-state index contributed by atoms with van der Waals surface area (Å²) in [6.45, 7) is 1.81. The molecule has 0 aliphatic rings. The highest BCUT2D eigenvalue weighted by atomic mass is 15.4. The molecule has 0 aromatic heterocycles. The molecule has 0 spiro atoms. The summed E-state index contributed by atoms with van der Waals surface area (Å²) in [5, 5.41) is 11.7. The SMILES string of the molecule is C/C=N\N(C)C=N. The van der Waals surface area contributed by atoms with Crippen molar-refractivity contribution in [2.75, 3.05) is 7.05 Å². The first-order valence-corrected chi connectivity index (χ1v) is 2.03. The lowest BCUT2D eigenvalue weighted by Gasteiger charge is -1.99. The summed E-state index contributed by atoms with van der Waals surface area (Å²) in [5.41, 5.74) is 0. The van der Waals surface area contributed by atoms with E-state index in [0.29, 0.717) is 0 Å². The van der Waals surface area contributed by atoms with Crippen LogP contribution in [0.15, 0.2) is 5.10 Å². The van der Waals surface area contributed by atoms with Crippen molar-refractivity contribution in [2.24, 2.45) is 5.10 Å². The Labute approximate surface area is 43.1 Å². The predicted octanol–water partition coefficient (Wildman–Crippen LogP) is 0.531. The average Bonchev–Trinajstić information content (AvgIpc) is 1.68. The third-order valence-corrected chi connectivity index (χ3v) is 0.484. The second kappa shape index (κ2) is 3.33. The molecule has 0 aromatic rings. The van der Waals surface area contributed by atoms with Crippen LogP contribution in [0.5, 0.6) is 0 Å². The molecule has 0 atom stereocenters. The van der Waals surface area contributed by atoms with Gasteiger partial charge in [0, 0.05) is 13.3 Å². The zero-order valence-corrected chi connectivity index (χ0v) is 4.55. The summed E-state index contributed by atoms with van der Waals surface area (Å²) >= 11 is 0. The molecule has 1 N–H and O–H groups in total. The van der Waals surface area contributed by atoms with E-state index in [1.54, 1.807) is 20.2 Å². The first-order valence-electron chi connectivity index (χ1n) is 2.03. The molecule has 0 heterocycles. The fourth-order valence-corrected chi connectivity index (χ4v) is 0.215. The molecular weight excluding hydrogens is 90.1 g/mol. The van der Waals surface area contributed by atoms with Crippen molar-refractivity contribution in [1.29, 1.82) is 5.41 Å². The van der Waals surface area contributed by atoms with Crippen LogP contribution in [0.25, 0.3) is 0 Å². The Balaban J connectivity index is 3.35. The minimum atomic E-state index is 1.14. The van der Waals surface area contributed by atoms with Crippen molar-refractivity contribution in [3.8, 4) is 0 Å². The molecule has 0 amide bonds. The molecule has 0 aliphatic carbocycles. The number of nitrogens with zero attached hydrogens (tertiary/aromatic N) is 2. The molecule has 40 valence electrons. The van der Waals surface area contributed by atoms with Gasteiger partial charge in [0.1, 0.15) is 6.34 Å². The van der Waals surface area contributed by atoms with E-state index in [9.17, 15) is 0 Å². The Morgan fingerprint density at radius 1 is 1.71 bits per heavy atom. The van der Waals surface area contributed by atoms with Gasteiger partial charge in [0.15, 0.2) is 0 Å². The van der Waals surface area contributed by atoms with Crippen LogP contribution in [0.1, 0.15) is 6.92 Å². The van der Waals surface area contributed by atoms with Crippen molar-refractivity contribution in [3.63, 3.8) is 0 Å². The largest absolute Gasteiger partial charge is 0.290 e. The number of rotatable bonds is 2. The fraction of sp³-hybridized carbons (Fsp3) is 0.500. The number of hydrazone groups is 1. The molecule has 0 saturated carbocycles. The second-order valence-corrected chi connectivity index (χ2v) is 1.08. The zero-order valence-electron chi connectivity index (χ0n) is 4.55. The number of nitrogens with one attached hydrogen (secondary N) is 1. The monoisotopic (exact) mass is 99.1 g/mol. The maximum Gasteiger partial charge on any atom is 0.102 e. The Bertz CT molecular complexity index is 77.0. The molecule has 0 rings (SSSR count). The molecule has 7 heavy (non-hydrogen) atoms. The maximum atomic E-state index is 6.60. The van der Waals surface area contributed by atoms with E-state index >= 15 is 0 Å². The van der Waals surface area contributed by atoms with Crippen LogP contribution >= 0.6 is 0 Å². The van der Waals surface area contributed by atoms with Crippen molar-refractivity contribution in [3.05, 3.63) is 0 Å². The Kier molecular flexibility index (Phi) is 2.92. The molecule has 0 aliphatic heterocycles. The van der Waals surface area contributed by atoms with Gasteiger partial charge in [0.05, 0.1) is 0 Å².